The number of isocyanates is 1. The number of ether oxygens (including phenoxy) is 1. The van der Waals surface area contributed by atoms with E-state index in [2.05, 4.69) is 15.3 Å². The Morgan fingerprint density at radius 2 is 1.42 bits per heavy atom. The summed E-state index contributed by atoms with van der Waals surface area (Å²) in [5.74, 6) is -0.0857. The first kappa shape index (κ1) is 27.7. The van der Waals surface area contributed by atoms with Crippen molar-refractivity contribution in [3.63, 3.8) is 0 Å². The van der Waals surface area contributed by atoms with E-state index in [1.54, 1.807) is 23.0 Å². The Hall–Kier alpha value is -5.43. The number of methoxy groups -OCH3 is 1. The number of rotatable bonds is 8. The number of tetrazole rings is 1. The van der Waals surface area contributed by atoms with Crippen LogP contribution in [0, 0.1) is 5.82 Å². The fourth-order valence-electron chi connectivity index (χ4n) is 5.35. The number of halogens is 2. The lowest BCUT2D eigenvalue weighted by Crippen LogP contribution is -2.39. The molecule has 0 radical (unpaired) electrons. The highest BCUT2D eigenvalue weighted by Gasteiger charge is 2.41. The summed E-state index contributed by atoms with van der Waals surface area (Å²) in [4.78, 5) is 16.3. The summed E-state index contributed by atoms with van der Waals surface area (Å²) in [6.07, 6.45) is 1.48. The van der Waals surface area contributed by atoms with Gasteiger partial charge in [-0.2, -0.15) is 4.99 Å². The predicted octanol–water partition coefficient (Wildman–Crippen LogP) is 7.62. The number of carbonyl (C=O) groups excluding carboxylic acids is 1. The Kier molecular flexibility index (Phi) is 7.62. The van der Waals surface area contributed by atoms with Crippen LogP contribution >= 0.6 is 11.6 Å². The summed E-state index contributed by atoms with van der Waals surface area (Å²) in [7, 11) is 1.50. The Bertz CT molecular complexity index is 1850. The Labute approximate surface area is 251 Å². The summed E-state index contributed by atoms with van der Waals surface area (Å²) >= 11 is 6.41. The van der Waals surface area contributed by atoms with E-state index in [1.807, 2.05) is 91.0 Å². The van der Waals surface area contributed by atoms with Gasteiger partial charge in [-0.05, 0) is 45.7 Å². The Morgan fingerprint density at radius 3 is 1.93 bits per heavy atom. The zero-order valence-corrected chi connectivity index (χ0v) is 23.6. The van der Waals surface area contributed by atoms with Crippen molar-refractivity contribution < 1.29 is 13.9 Å². The average Bonchev–Trinajstić information content (AvgIpc) is 3.53. The number of aliphatic imine (C=N–C) groups is 1. The monoisotopic (exact) mass is 587 g/mol. The van der Waals surface area contributed by atoms with E-state index in [1.165, 1.54) is 19.3 Å². The maximum atomic E-state index is 15.8. The van der Waals surface area contributed by atoms with Crippen molar-refractivity contribution in [3.8, 4) is 28.3 Å². The molecular weight excluding hydrogens is 565 g/mol. The van der Waals surface area contributed by atoms with Crippen molar-refractivity contribution in [1.29, 1.82) is 0 Å². The van der Waals surface area contributed by atoms with Gasteiger partial charge in [0.25, 0.3) is 0 Å². The van der Waals surface area contributed by atoms with Gasteiger partial charge in [0.15, 0.2) is 5.54 Å². The summed E-state index contributed by atoms with van der Waals surface area (Å²) < 4.78 is 21.1. The lowest BCUT2D eigenvalue weighted by atomic mass is 9.77. The molecule has 9 heteroatoms. The molecule has 0 aliphatic heterocycles. The molecule has 0 N–H and O–H groups in total. The summed E-state index contributed by atoms with van der Waals surface area (Å²) in [5, 5.41) is 14.2. The molecular formula is C34H23ClFN5O2. The Balaban J connectivity index is 1.64. The third-order valence-electron chi connectivity index (χ3n) is 7.22. The van der Waals surface area contributed by atoms with E-state index in [-0.39, 0.29) is 22.6 Å². The molecule has 5 aromatic carbocycles. The number of benzene rings is 5. The van der Waals surface area contributed by atoms with Gasteiger partial charge < -0.3 is 4.74 Å². The van der Waals surface area contributed by atoms with Crippen molar-refractivity contribution in [2.45, 2.75) is 5.54 Å². The highest BCUT2D eigenvalue weighted by Crippen LogP contribution is 2.42. The molecule has 0 aliphatic carbocycles. The topological polar surface area (TPSA) is 82.3 Å². The van der Waals surface area contributed by atoms with Gasteiger partial charge in [0, 0.05) is 17.2 Å². The van der Waals surface area contributed by atoms with E-state index in [9.17, 15) is 4.79 Å². The molecule has 43 heavy (non-hydrogen) atoms. The van der Waals surface area contributed by atoms with Gasteiger partial charge in [-0.1, -0.05) is 109 Å². The molecule has 0 spiro atoms. The zero-order valence-electron chi connectivity index (χ0n) is 22.9. The van der Waals surface area contributed by atoms with Gasteiger partial charge in [-0.3, -0.25) is 0 Å². The normalized spacial score (nSPS) is 11.1. The van der Waals surface area contributed by atoms with Crippen molar-refractivity contribution in [1.82, 2.24) is 20.2 Å². The molecule has 0 fully saturated rings. The van der Waals surface area contributed by atoms with Crippen LogP contribution in [0.5, 0.6) is 5.75 Å². The largest absolute Gasteiger partial charge is 0.495 e. The second kappa shape index (κ2) is 11.8. The summed E-state index contributed by atoms with van der Waals surface area (Å²) in [6.45, 7) is 0. The van der Waals surface area contributed by atoms with Crippen molar-refractivity contribution in [3.05, 3.63) is 149 Å². The van der Waals surface area contributed by atoms with Gasteiger partial charge in [0.2, 0.25) is 11.9 Å². The molecule has 210 valence electrons. The molecule has 0 saturated heterocycles. The molecule has 1 aromatic heterocycles. The van der Waals surface area contributed by atoms with Crippen LogP contribution in [0.3, 0.4) is 0 Å². The minimum Gasteiger partial charge on any atom is -0.495 e. The van der Waals surface area contributed by atoms with E-state index in [0.717, 1.165) is 22.8 Å². The number of nitrogens with zero attached hydrogens (tertiary/aromatic N) is 5. The van der Waals surface area contributed by atoms with E-state index >= 15 is 4.39 Å². The van der Waals surface area contributed by atoms with E-state index < -0.39 is 11.4 Å². The van der Waals surface area contributed by atoms with Crippen LogP contribution in [-0.4, -0.2) is 33.4 Å². The second-order valence-corrected chi connectivity index (χ2v) is 10.0. The maximum absolute atomic E-state index is 15.8. The number of hydrogen-bond donors (Lipinski definition) is 0. The molecule has 0 bridgehead atoms. The average molecular weight is 588 g/mol. The van der Waals surface area contributed by atoms with Gasteiger partial charge in [0.1, 0.15) is 11.6 Å². The van der Waals surface area contributed by atoms with Crippen LogP contribution in [0.15, 0.2) is 126 Å². The number of hydrogen-bond acceptors (Lipinski definition) is 6. The molecule has 6 rings (SSSR count). The number of aromatic nitrogens is 4. The molecule has 6 aromatic rings. The first-order valence-electron chi connectivity index (χ1n) is 13.3. The molecule has 0 atom stereocenters. The van der Waals surface area contributed by atoms with Crippen molar-refractivity contribution in [2.24, 2.45) is 4.99 Å². The fourth-order valence-corrected chi connectivity index (χ4v) is 5.61. The highest BCUT2D eigenvalue weighted by atomic mass is 35.5. The van der Waals surface area contributed by atoms with Crippen LogP contribution < -0.4 is 4.74 Å². The van der Waals surface area contributed by atoms with Crippen molar-refractivity contribution >= 4 is 23.4 Å². The molecule has 7 nitrogen and oxygen atoms in total. The smallest absolute Gasteiger partial charge is 0.240 e. The molecule has 0 aliphatic rings. The Morgan fingerprint density at radius 1 is 0.837 bits per heavy atom. The first-order chi connectivity index (χ1) is 21.1. The minimum atomic E-state index is -1.03. The van der Waals surface area contributed by atoms with Gasteiger partial charge in [0.05, 0.1) is 17.8 Å². The van der Waals surface area contributed by atoms with Gasteiger partial charge >= 0.3 is 0 Å². The van der Waals surface area contributed by atoms with Crippen molar-refractivity contribution in [2.75, 3.05) is 7.11 Å². The first-order valence-corrected chi connectivity index (χ1v) is 13.7. The lowest BCUT2D eigenvalue weighted by molar-refractivity contribution is 0.396. The zero-order chi connectivity index (χ0) is 29.8. The summed E-state index contributed by atoms with van der Waals surface area (Å²) in [6, 6.07) is 37.2. The van der Waals surface area contributed by atoms with Crippen LogP contribution in [-0.2, 0) is 10.3 Å². The molecule has 1 heterocycles. The third kappa shape index (κ3) is 4.99. The van der Waals surface area contributed by atoms with Gasteiger partial charge in [-0.25, -0.2) is 9.18 Å². The highest BCUT2D eigenvalue weighted by molar-refractivity contribution is 6.32. The van der Waals surface area contributed by atoms with Crippen LogP contribution in [0.1, 0.15) is 16.7 Å². The van der Waals surface area contributed by atoms with Crippen LogP contribution in [0.4, 0.5) is 10.1 Å². The van der Waals surface area contributed by atoms with Gasteiger partial charge in [-0.15, -0.1) is 15.0 Å². The van der Waals surface area contributed by atoms with Crippen LogP contribution in [0.25, 0.3) is 22.5 Å². The van der Waals surface area contributed by atoms with E-state index in [0.29, 0.717) is 16.3 Å². The molecule has 0 unspecified atom stereocenters. The minimum absolute atomic E-state index is 0.0580. The second-order valence-electron chi connectivity index (χ2n) is 9.61. The predicted molar refractivity (Wildman–Crippen MR) is 163 cm³/mol. The van der Waals surface area contributed by atoms with Crippen LogP contribution in [0.2, 0.25) is 5.02 Å². The fraction of sp³-hybridized carbons (Fsp3) is 0.0588. The SMILES string of the molecule is COc1ccc(-c2c(F)cc(N=C=O)cc2-c2nnn(C(c3ccccc3)(c3ccccc3)c3ccccc3)n2)cc1Cl. The standard InChI is InChI=1S/C34H23ClFN5O2/c1-43-31-18-17-23(19-29(31)35)32-28(20-27(37-22-42)21-30(32)36)33-38-40-41(39-33)34(24-11-5-2-6-12-24,25-13-7-3-8-14-25)26-15-9-4-10-16-26/h2-21H,1H3. The lowest BCUT2D eigenvalue weighted by Gasteiger charge is -2.34. The molecule has 0 amide bonds. The quantitative estimate of drug-likeness (QED) is 0.104. The molecule has 0 saturated carbocycles. The maximum Gasteiger partial charge on any atom is 0.240 e. The third-order valence-corrected chi connectivity index (χ3v) is 7.51. The summed E-state index contributed by atoms with van der Waals surface area (Å²) in [5.41, 5.74) is 2.59. The van der Waals surface area contributed by atoms with E-state index in [4.69, 9.17) is 21.4 Å².